The number of hydrogen-bond acceptors (Lipinski definition) is 2. The first kappa shape index (κ1) is 14.2. The van der Waals surface area contributed by atoms with Gasteiger partial charge < -0.3 is 5.32 Å². The van der Waals surface area contributed by atoms with Gasteiger partial charge in [-0.2, -0.15) is 0 Å². The number of aromatic nitrogens is 1. The third-order valence-electron chi connectivity index (χ3n) is 2.65. The molecule has 1 aromatic heterocycles. The molecule has 0 spiro atoms. The number of halogens is 2. The first-order valence-corrected chi connectivity index (χ1v) is 7.33. The van der Waals surface area contributed by atoms with Gasteiger partial charge in [0.2, 0.25) is 0 Å². The average Bonchev–Trinajstić information content (AvgIpc) is 2.39. The first-order valence-electron chi connectivity index (χ1n) is 5.75. The number of benzene rings is 1. The predicted molar refractivity (Wildman–Crippen MR) is 82.0 cm³/mol. The van der Waals surface area contributed by atoms with Gasteiger partial charge in [-0.05, 0) is 53.2 Å². The molecule has 1 atom stereocenters. The Bertz CT molecular complexity index is 587. The van der Waals surface area contributed by atoms with E-state index in [1.807, 2.05) is 37.3 Å². The average molecular weight is 384 g/mol. The Morgan fingerprint density at radius 3 is 2.68 bits per heavy atom. The Labute approximate surface area is 128 Å². The van der Waals surface area contributed by atoms with Gasteiger partial charge in [-0.3, -0.25) is 9.78 Å². The molecule has 1 aromatic carbocycles. The van der Waals surface area contributed by atoms with E-state index in [1.165, 1.54) is 0 Å². The zero-order chi connectivity index (χ0) is 13.8. The van der Waals surface area contributed by atoms with E-state index in [1.54, 1.807) is 12.3 Å². The highest BCUT2D eigenvalue weighted by Gasteiger charge is 2.14. The molecule has 0 radical (unpaired) electrons. The lowest BCUT2D eigenvalue weighted by Crippen LogP contribution is -2.27. The van der Waals surface area contributed by atoms with Crippen molar-refractivity contribution in [1.29, 1.82) is 0 Å². The van der Waals surface area contributed by atoms with E-state index in [-0.39, 0.29) is 11.9 Å². The van der Waals surface area contributed by atoms with Gasteiger partial charge in [0.05, 0.1) is 17.3 Å². The number of rotatable bonds is 3. The molecule has 2 aromatic rings. The fraction of sp³-hybridized carbons (Fsp3) is 0.143. The minimum absolute atomic E-state index is 0.127. The highest BCUT2D eigenvalue weighted by molar-refractivity contribution is 9.11. The Morgan fingerprint density at radius 1 is 1.26 bits per heavy atom. The van der Waals surface area contributed by atoms with Gasteiger partial charge in [-0.25, -0.2) is 0 Å². The number of carbonyl (C=O) groups is 1. The minimum atomic E-state index is -0.135. The van der Waals surface area contributed by atoms with Gasteiger partial charge in [-0.1, -0.05) is 22.0 Å². The second kappa shape index (κ2) is 6.30. The van der Waals surface area contributed by atoms with Crippen molar-refractivity contribution >= 4 is 37.8 Å². The molecule has 98 valence electrons. The van der Waals surface area contributed by atoms with Gasteiger partial charge in [0.25, 0.3) is 5.91 Å². The van der Waals surface area contributed by atoms with Crippen LogP contribution in [0.2, 0.25) is 0 Å². The van der Waals surface area contributed by atoms with Crippen LogP contribution in [-0.2, 0) is 0 Å². The molecule has 1 amide bonds. The summed E-state index contributed by atoms with van der Waals surface area (Å²) in [4.78, 5) is 16.4. The van der Waals surface area contributed by atoms with E-state index >= 15 is 0 Å². The Morgan fingerprint density at radius 2 is 2.05 bits per heavy atom. The molecule has 0 saturated carbocycles. The van der Waals surface area contributed by atoms with Crippen molar-refractivity contribution in [2.75, 3.05) is 0 Å². The van der Waals surface area contributed by atoms with E-state index in [0.717, 1.165) is 14.6 Å². The molecule has 2 rings (SSSR count). The van der Waals surface area contributed by atoms with Crippen LogP contribution in [0.1, 0.15) is 29.0 Å². The fourth-order valence-corrected chi connectivity index (χ4v) is 2.88. The van der Waals surface area contributed by atoms with Crippen molar-refractivity contribution in [3.63, 3.8) is 0 Å². The molecule has 5 heteroatoms. The van der Waals surface area contributed by atoms with Crippen LogP contribution in [0.15, 0.2) is 51.5 Å². The van der Waals surface area contributed by atoms with Crippen molar-refractivity contribution in [1.82, 2.24) is 10.3 Å². The van der Waals surface area contributed by atoms with Gasteiger partial charge >= 0.3 is 0 Å². The van der Waals surface area contributed by atoms with E-state index in [4.69, 9.17) is 0 Å². The molecule has 0 aliphatic heterocycles. The third kappa shape index (κ3) is 3.64. The smallest absolute Gasteiger partial charge is 0.252 e. The van der Waals surface area contributed by atoms with Crippen LogP contribution < -0.4 is 5.32 Å². The second-order valence-corrected chi connectivity index (χ2v) is 5.84. The number of nitrogens with zero attached hydrogens (tertiary/aromatic N) is 1. The first-order chi connectivity index (χ1) is 9.08. The van der Waals surface area contributed by atoms with Crippen LogP contribution in [0.25, 0.3) is 0 Å². The van der Waals surface area contributed by atoms with Crippen LogP contribution in [0.3, 0.4) is 0 Å². The Hall–Kier alpha value is -1.20. The van der Waals surface area contributed by atoms with E-state index in [0.29, 0.717) is 5.56 Å². The minimum Gasteiger partial charge on any atom is -0.344 e. The SMILES string of the molecule is CC(NC(=O)c1ccc(Br)cc1Br)c1ccccn1. The maximum Gasteiger partial charge on any atom is 0.252 e. The third-order valence-corrected chi connectivity index (χ3v) is 3.80. The molecule has 1 heterocycles. The standard InChI is InChI=1S/C14H12Br2N2O/c1-9(13-4-2-3-7-17-13)18-14(19)11-6-5-10(15)8-12(11)16/h2-9H,1H3,(H,18,19). The fourth-order valence-electron chi connectivity index (χ4n) is 1.65. The molecule has 3 nitrogen and oxygen atoms in total. The molecule has 19 heavy (non-hydrogen) atoms. The number of amides is 1. The number of carbonyl (C=O) groups excluding carboxylic acids is 1. The molecular formula is C14H12Br2N2O. The van der Waals surface area contributed by atoms with Gasteiger partial charge in [-0.15, -0.1) is 0 Å². The van der Waals surface area contributed by atoms with Crippen molar-refractivity contribution in [3.8, 4) is 0 Å². The lowest BCUT2D eigenvalue weighted by molar-refractivity contribution is 0.0938. The van der Waals surface area contributed by atoms with Gasteiger partial charge in [0.15, 0.2) is 0 Å². The second-order valence-electron chi connectivity index (χ2n) is 4.07. The topological polar surface area (TPSA) is 42.0 Å². The van der Waals surface area contributed by atoms with Crippen molar-refractivity contribution in [2.24, 2.45) is 0 Å². The van der Waals surface area contributed by atoms with Crippen LogP contribution in [-0.4, -0.2) is 10.9 Å². The molecule has 0 aliphatic carbocycles. The summed E-state index contributed by atoms with van der Waals surface area (Å²) in [6, 6.07) is 11.0. The maximum atomic E-state index is 12.2. The molecule has 1 N–H and O–H groups in total. The summed E-state index contributed by atoms with van der Waals surface area (Å²) >= 11 is 6.75. The maximum absolute atomic E-state index is 12.2. The predicted octanol–water partition coefficient (Wildman–Crippen LogP) is 4.10. The highest BCUT2D eigenvalue weighted by Crippen LogP contribution is 2.22. The summed E-state index contributed by atoms with van der Waals surface area (Å²) in [6.07, 6.45) is 1.72. The lowest BCUT2D eigenvalue weighted by atomic mass is 10.1. The molecule has 0 aliphatic rings. The monoisotopic (exact) mass is 382 g/mol. The van der Waals surface area contributed by atoms with Gasteiger partial charge in [0.1, 0.15) is 0 Å². The van der Waals surface area contributed by atoms with Crippen LogP contribution in [0, 0.1) is 0 Å². The van der Waals surface area contributed by atoms with E-state index in [9.17, 15) is 4.79 Å². The summed E-state index contributed by atoms with van der Waals surface area (Å²) in [6.45, 7) is 1.91. The van der Waals surface area contributed by atoms with E-state index < -0.39 is 0 Å². The summed E-state index contributed by atoms with van der Waals surface area (Å²) in [5.74, 6) is -0.127. The van der Waals surface area contributed by atoms with Crippen molar-refractivity contribution in [3.05, 3.63) is 62.8 Å². The molecule has 0 saturated heterocycles. The van der Waals surface area contributed by atoms with Crippen molar-refractivity contribution in [2.45, 2.75) is 13.0 Å². The largest absolute Gasteiger partial charge is 0.344 e. The number of pyridine rings is 1. The molecule has 0 bridgehead atoms. The summed E-state index contributed by atoms with van der Waals surface area (Å²) in [5.41, 5.74) is 1.44. The molecule has 1 unspecified atom stereocenters. The van der Waals surface area contributed by atoms with Crippen LogP contribution in [0.5, 0.6) is 0 Å². The van der Waals surface area contributed by atoms with Crippen molar-refractivity contribution < 1.29 is 4.79 Å². The summed E-state index contributed by atoms with van der Waals surface area (Å²) in [7, 11) is 0. The normalized spacial score (nSPS) is 11.9. The quantitative estimate of drug-likeness (QED) is 0.866. The van der Waals surface area contributed by atoms with Crippen LogP contribution >= 0.6 is 31.9 Å². The Kier molecular flexibility index (Phi) is 4.71. The summed E-state index contributed by atoms with van der Waals surface area (Å²) in [5, 5.41) is 2.93. The lowest BCUT2D eigenvalue weighted by Gasteiger charge is -2.14. The molecular weight excluding hydrogens is 372 g/mol. The summed E-state index contributed by atoms with van der Waals surface area (Å²) < 4.78 is 1.68. The zero-order valence-electron chi connectivity index (χ0n) is 10.2. The number of hydrogen-bond donors (Lipinski definition) is 1. The molecule has 0 fully saturated rings. The Balaban J connectivity index is 2.13. The van der Waals surface area contributed by atoms with Crippen LogP contribution in [0.4, 0.5) is 0 Å². The van der Waals surface area contributed by atoms with E-state index in [2.05, 4.69) is 42.2 Å². The number of nitrogens with one attached hydrogen (secondary N) is 1. The highest BCUT2D eigenvalue weighted by atomic mass is 79.9. The zero-order valence-corrected chi connectivity index (χ0v) is 13.4. The van der Waals surface area contributed by atoms with Gasteiger partial charge in [0, 0.05) is 15.1 Å².